The van der Waals surface area contributed by atoms with Crippen molar-refractivity contribution in [3.63, 3.8) is 0 Å². The van der Waals surface area contributed by atoms with Crippen LogP contribution in [-0.2, 0) is 4.84 Å². The van der Waals surface area contributed by atoms with Gasteiger partial charge in [-0.2, -0.15) is 5.06 Å². The van der Waals surface area contributed by atoms with E-state index in [0.717, 1.165) is 6.54 Å². The first kappa shape index (κ1) is 12.3. The third-order valence-corrected chi connectivity index (χ3v) is 3.13. The Balaban J connectivity index is 2.01. The van der Waals surface area contributed by atoms with Gasteiger partial charge in [0.2, 0.25) is 0 Å². The summed E-state index contributed by atoms with van der Waals surface area (Å²) < 4.78 is 0. The summed E-state index contributed by atoms with van der Waals surface area (Å²) in [7, 11) is 4.07. The van der Waals surface area contributed by atoms with E-state index < -0.39 is 0 Å². The minimum atomic E-state index is 0.0245. The molecule has 0 aromatic heterocycles. The molecule has 17 heavy (non-hydrogen) atoms. The van der Waals surface area contributed by atoms with Crippen molar-refractivity contribution in [2.75, 3.05) is 20.6 Å². The van der Waals surface area contributed by atoms with Crippen LogP contribution in [0.3, 0.4) is 0 Å². The summed E-state index contributed by atoms with van der Waals surface area (Å²) in [5.74, 6) is 0. The van der Waals surface area contributed by atoms with Crippen molar-refractivity contribution in [1.29, 1.82) is 0 Å². The minimum Gasteiger partial charge on any atom is -0.276 e. The summed E-state index contributed by atoms with van der Waals surface area (Å²) in [6.45, 7) is 3.17. The molecule has 0 aliphatic carbocycles. The molecule has 2 atom stereocenters. The number of benzene rings is 1. The van der Waals surface area contributed by atoms with E-state index in [9.17, 15) is 0 Å². The second kappa shape index (κ2) is 5.45. The highest BCUT2D eigenvalue weighted by Crippen LogP contribution is 2.15. The van der Waals surface area contributed by atoms with Crippen molar-refractivity contribution < 1.29 is 4.84 Å². The summed E-state index contributed by atoms with van der Waals surface area (Å²) in [6.07, 6.45) is 4.22. The van der Waals surface area contributed by atoms with Gasteiger partial charge in [0.15, 0.2) is 6.23 Å². The Hall–Kier alpha value is -1.16. The van der Waals surface area contributed by atoms with Gasteiger partial charge < -0.3 is 0 Å². The second-order valence-corrected chi connectivity index (χ2v) is 4.60. The third-order valence-electron chi connectivity index (χ3n) is 3.13. The lowest BCUT2D eigenvalue weighted by atomic mass is 10.2. The van der Waals surface area contributed by atoms with Crippen LogP contribution in [0.25, 0.3) is 6.08 Å². The molecule has 0 radical (unpaired) electrons. The molecule has 3 heteroatoms. The number of hydroxylamine groups is 2. The SMILES string of the molecule is C[C@H]1CN(C)[C@H](/C=C/c2ccccc2)ON1C. The van der Waals surface area contributed by atoms with Crippen molar-refractivity contribution >= 4 is 6.08 Å². The first-order chi connectivity index (χ1) is 8.16. The summed E-state index contributed by atoms with van der Waals surface area (Å²) in [4.78, 5) is 8.02. The molecule has 0 unspecified atom stereocenters. The second-order valence-electron chi connectivity index (χ2n) is 4.60. The molecule has 1 heterocycles. The molecular formula is C14H20N2O. The van der Waals surface area contributed by atoms with Crippen LogP contribution in [0, 0.1) is 0 Å². The van der Waals surface area contributed by atoms with Crippen LogP contribution >= 0.6 is 0 Å². The van der Waals surface area contributed by atoms with Crippen LogP contribution in [0.2, 0.25) is 0 Å². The van der Waals surface area contributed by atoms with Crippen LogP contribution in [-0.4, -0.2) is 42.9 Å². The Morgan fingerprint density at radius 3 is 2.65 bits per heavy atom. The van der Waals surface area contributed by atoms with Crippen LogP contribution in [0.15, 0.2) is 36.4 Å². The summed E-state index contributed by atoms with van der Waals surface area (Å²) in [6, 6.07) is 10.7. The van der Waals surface area contributed by atoms with Crippen molar-refractivity contribution in [2.24, 2.45) is 0 Å². The van der Waals surface area contributed by atoms with E-state index in [4.69, 9.17) is 4.84 Å². The third kappa shape index (κ3) is 3.16. The zero-order chi connectivity index (χ0) is 12.3. The van der Waals surface area contributed by atoms with Gasteiger partial charge in [-0.25, -0.2) is 0 Å². The lowest BCUT2D eigenvalue weighted by Crippen LogP contribution is -2.52. The predicted octanol–water partition coefficient (Wildman–Crippen LogP) is 2.22. The quantitative estimate of drug-likeness (QED) is 0.777. The fourth-order valence-electron chi connectivity index (χ4n) is 1.93. The van der Waals surface area contributed by atoms with Gasteiger partial charge >= 0.3 is 0 Å². The van der Waals surface area contributed by atoms with Crippen molar-refractivity contribution in [3.8, 4) is 0 Å². The standard InChI is InChI=1S/C14H20N2O/c1-12-11-15(2)14(17-16(12)3)10-9-13-7-5-4-6-8-13/h4-10,12,14H,11H2,1-3H3/b10-9+/t12-,14-/m0/s1. The molecule has 0 saturated carbocycles. The normalized spacial score (nSPS) is 27.7. The molecule has 0 spiro atoms. The molecule has 1 aromatic carbocycles. The first-order valence-electron chi connectivity index (χ1n) is 6.00. The number of likely N-dealkylation sites (N-methyl/N-ethyl adjacent to an activating group) is 2. The van der Waals surface area contributed by atoms with Gasteiger partial charge in [0.25, 0.3) is 0 Å². The Bertz CT molecular complexity index is 377. The lowest BCUT2D eigenvalue weighted by molar-refractivity contribution is -0.259. The molecular weight excluding hydrogens is 212 g/mol. The fraction of sp³-hybridized carbons (Fsp3) is 0.429. The Labute approximate surface area is 103 Å². The fourth-order valence-corrected chi connectivity index (χ4v) is 1.93. The maximum atomic E-state index is 5.80. The van der Waals surface area contributed by atoms with Gasteiger partial charge in [-0.1, -0.05) is 36.4 Å². The van der Waals surface area contributed by atoms with Crippen molar-refractivity contribution in [1.82, 2.24) is 9.96 Å². The molecule has 1 saturated heterocycles. The molecule has 0 amide bonds. The van der Waals surface area contributed by atoms with Crippen LogP contribution < -0.4 is 0 Å². The lowest BCUT2D eigenvalue weighted by Gasteiger charge is -2.39. The molecule has 3 nitrogen and oxygen atoms in total. The average molecular weight is 232 g/mol. The molecule has 1 aliphatic heterocycles. The maximum Gasteiger partial charge on any atom is 0.151 e. The van der Waals surface area contributed by atoms with Gasteiger partial charge in [0, 0.05) is 19.6 Å². The van der Waals surface area contributed by atoms with Crippen LogP contribution in [0.5, 0.6) is 0 Å². The predicted molar refractivity (Wildman–Crippen MR) is 70.2 cm³/mol. The first-order valence-corrected chi connectivity index (χ1v) is 6.00. The smallest absolute Gasteiger partial charge is 0.151 e. The van der Waals surface area contributed by atoms with E-state index in [-0.39, 0.29) is 6.23 Å². The molecule has 1 fully saturated rings. The van der Waals surface area contributed by atoms with Gasteiger partial charge in [0.1, 0.15) is 0 Å². The molecule has 0 bridgehead atoms. The zero-order valence-electron chi connectivity index (χ0n) is 10.7. The highest BCUT2D eigenvalue weighted by Gasteiger charge is 2.25. The zero-order valence-corrected chi connectivity index (χ0v) is 10.7. The van der Waals surface area contributed by atoms with E-state index in [1.165, 1.54) is 5.56 Å². The highest BCUT2D eigenvalue weighted by atomic mass is 16.7. The molecule has 0 N–H and O–H groups in total. The van der Waals surface area contributed by atoms with E-state index in [2.05, 4.69) is 43.2 Å². The van der Waals surface area contributed by atoms with E-state index in [1.807, 2.05) is 30.3 Å². The summed E-state index contributed by atoms with van der Waals surface area (Å²) >= 11 is 0. The summed E-state index contributed by atoms with van der Waals surface area (Å²) in [5.41, 5.74) is 1.20. The highest BCUT2D eigenvalue weighted by molar-refractivity contribution is 5.49. The monoisotopic (exact) mass is 232 g/mol. The molecule has 2 rings (SSSR count). The van der Waals surface area contributed by atoms with Gasteiger partial charge in [0.05, 0.1) is 0 Å². The van der Waals surface area contributed by atoms with Gasteiger partial charge in [-0.05, 0) is 25.6 Å². The van der Waals surface area contributed by atoms with E-state index in [0.29, 0.717) is 6.04 Å². The molecule has 1 aliphatic rings. The van der Waals surface area contributed by atoms with Crippen LogP contribution in [0.1, 0.15) is 12.5 Å². The molecule has 92 valence electrons. The Morgan fingerprint density at radius 1 is 1.24 bits per heavy atom. The van der Waals surface area contributed by atoms with E-state index >= 15 is 0 Å². The maximum absolute atomic E-state index is 5.80. The van der Waals surface area contributed by atoms with E-state index in [1.54, 1.807) is 0 Å². The largest absolute Gasteiger partial charge is 0.276 e. The van der Waals surface area contributed by atoms with Crippen molar-refractivity contribution in [3.05, 3.63) is 42.0 Å². The van der Waals surface area contributed by atoms with Gasteiger partial charge in [-0.3, -0.25) is 9.74 Å². The Morgan fingerprint density at radius 2 is 1.94 bits per heavy atom. The van der Waals surface area contributed by atoms with Crippen molar-refractivity contribution in [2.45, 2.75) is 19.2 Å². The number of hydrogen-bond acceptors (Lipinski definition) is 3. The van der Waals surface area contributed by atoms with Crippen LogP contribution in [0.4, 0.5) is 0 Å². The Kier molecular flexibility index (Phi) is 3.94. The minimum absolute atomic E-state index is 0.0245. The van der Waals surface area contributed by atoms with Gasteiger partial charge in [-0.15, -0.1) is 0 Å². The molecule has 1 aromatic rings. The summed E-state index contributed by atoms with van der Waals surface area (Å²) in [5, 5.41) is 1.93. The number of rotatable bonds is 2. The number of nitrogens with zero attached hydrogens (tertiary/aromatic N) is 2. The average Bonchev–Trinajstić information content (AvgIpc) is 2.33. The topological polar surface area (TPSA) is 15.7 Å². The number of hydrogen-bond donors (Lipinski definition) is 0.